The van der Waals surface area contributed by atoms with Crippen LogP contribution in [0.3, 0.4) is 0 Å². The molecule has 7 heteroatoms. The number of carbonyl (C=O) groups excluding carboxylic acids is 2. The van der Waals surface area contributed by atoms with Gasteiger partial charge in [-0.15, -0.1) is 12.4 Å². The van der Waals surface area contributed by atoms with Gasteiger partial charge in [-0.05, 0) is 30.5 Å². The van der Waals surface area contributed by atoms with Crippen molar-refractivity contribution in [3.05, 3.63) is 35.4 Å². The fourth-order valence-electron chi connectivity index (χ4n) is 2.99. The molecule has 1 unspecified atom stereocenters. The average molecular weight is 339 g/mol. The van der Waals surface area contributed by atoms with Gasteiger partial charge in [-0.3, -0.25) is 4.79 Å². The van der Waals surface area contributed by atoms with Gasteiger partial charge in [0.15, 0.2) is 0 Å². The lowest BCUT2D eigenvalue weighted by atomic mass is 10.0. The molecule has 2 heterocycles. The van der Waals surface area contributed by atoms with E-state index in [2.05, 4.69) is 28.1 Å². The van der Waals surface area contributed by atoms with Crippen LogP contribution in [-0.2, 0) is 17.8 Å². The third kappa shape index (κ3) is 4.59. The predicted octanol–water partition coefficient (Wildman–Crippen LogP) is 0.654. The first kappa shape index (κ1) is 17.6. The van der Waals surface area contributed by atoms with Gasteiger partial charge in [-0.25, -0.2) is 4.79 Å². The molecule has 1 saturated heterocycles. The van der Waals surface area contributed by atoms with E-state index in [9.17, 15) is 9.59 Å². The Labute approximate surface area is 142 Å². The minimum Gasteiger partial charge on any atom is -0.351 e. The number of carbonyl (C=O) groups is 2. The van der Waals surface area contributed by atoms with Crippen molar-refractivity contribution in [3.8, 4) is 0 Å². The molecule has 1 aromatic carbocycles. The maximum absolute atomic E-state index is 12.2. The summed E-state index contributed by atoms with van der Waals surface area (Å²) in [6, 6.07) is 8.18. The highest BCUT2D eigenvalue weighted by molar-refractivity contribution is 5.85. The van der Waals surface area contributed by atoms with Gasteiger partial charge in [0.05, 0.1) is 6.54 Å². The summed E-state index contributed by atoms with van der Waals surface area (Å²) in [5.74, 6) is -0.126. The first-order valence-electron chi connectivity index (χ1n) is 7.82. The molecule has 2 aliphatic rings. The van der Waals surface area contributed by atoms with Gasteiger partial charge in [-0.2, -0.15) is 0 Å². The van der Waals surface area contributed by atoms with E-state index < -0.39 is 0 Å². The maximum atomic E-state index is 12.2. The second kappa shape index (κ2) is 8.17. The molecule has 126 valence electrons. The Balaban J connectivity index is 0.00000192. The van der Waals surface area contributed by atoms with Gasteiger partial charge in [-0.1, -0.05) is 24.3 Å². The normalized spacial score (nSPS) is 19.5. The molecule has 1 fully saturated rings. The fourth-order valence-corrected chi connectivity index (χ4v) is 2.99. The van der Waals surface area contributed by atoms with Crippen molar-refractivity contribution in [1.82, 2.24) is 20.9 Å². The van der Waals surface area contributed by atoms with Crippen LogP contribution in [0.5, 0.6) is 0 Å². The molecular weight excluding hydrogens is 316 g/mol. The predicted molar refractivity (Wildman–Crippen MR) is 90.6 cm³/mol. The number of benzene rings is 1. The Morgan fingerprint density at radius 1 is 1.26 bits per heavy atom. The lowest BCUT2D eigenvalue weighted by Crippen LogP contribution is -2.47. The summed E-state index contributed by atoms with van der Waals surface area (Å²) in [5, 5.41) is 8.82. The standard InChI is InChI=1S/C16H22N4O2.ClH/c21-15(19-14-5-7-17-9-14)10-18-16(22)20-8-6-12-3-1-2-4-13(12)11-20;/h1-4,14,17H,5-11H2,(H,18,22)(H,19,21);1H. The number of nitrogens with zero attached hydrogens (tertiary/aromatic N) is 1. The van der Waals surface area contributed by atoms with E-state index in [-0.39, 0.29) is 36.9 Å². The summed E-state index contributed by atoms with van der Waals surface area (Å²) < 4.78 is 0. The van der Waals surface area contributed by atoms with E-state index >= 15 is 0 Å². The smallest absolute Gasteiger partial charge is 0.318 e. The molecule has 6 nitrogen and oxygen atoms in total. The Bertz CT molecular complexity index is 561. The quantitative estimate of drug-likeness (QED) is 0.758. The van der Waals surface area contributed by atoms with Gasteiger partial charge >= 0.3 is 6.03 Å². The van der Waals surface area contributed by atoms with Crippen LogP contribution in [0, 0.1) is 0 Å². The van der Waals surface area contributed by atoms with Crippen molar-refractivity contribution in [3.63, 3.8) is 0 Å². The summed E-state index contributed by atoms with van der Waals surface area (Å²) in [6.45, 7) is 3.08. The first-order chi connectivity index (χ1) is 10.7. The third-order valence-electron chi connectivity index (χ3n) is 4.24. The van der Waals surface area contributed by atoms with Crippen molar-refractivity contribution >= 4 is 24.3 Å². The number of halogens is 1. The molecule has 3 amide bonds. The number of rotatable bonds is 3. The number of fused-ring (bicyclic) bond motifs is 1. The number of hydrogen-bond donors (Lipinski definition) is 3. The molecule has 0 saturated carbocycles. The van der Waals surface area contributed by atoms with Crippen LogP contribution in [0.1, 0.15) is 17.5 Å². The maximum Gasteiger partial charge on any atom is 0.318 e. The molecule has 1 atom stereocenters. The summed E-state index contributed by atoms with van der Waals surface area (Å²) in [6.07, 6.45) is 1.81. The monoisotopic (exact) mass is 338 g/mol. The van der Waals surface area contributed by atoms with Crippen molar-refractivity contribution in [2.24, 2.45) is 0 Å². The second-order valence-electron chi connectivity index (χ2n) is 5.86. The largest absolute Gasteiger partial charge is 0.351 e. The van der Waals surface area contributed by atoms with Gasteiger partial charge in [0.1, 0.15) is 0 Å². The third-order valence-corrected chi connectivity index (χ3v) is 4.24. The van der Waals surface area contributed by atoms with E-state index in [1.165, 1.54) is 11.1 Å². The van der Waals surface area contributed by atoms with Crippen LogP contribution >= 0.6 is 12.4 Å². The second-order valence-corrected chi connectivity index (χ2v) is 5.86. The average Bonchev–Trinajstić information content (AvgIpc) is 3.05. The highest BCUT2D eigenvalue weighted by Gasteiger charge is 2.21. The van der Waals surface area contributed by atoms with E-state index in [0.717, 1.165) is 25.9 Å². The van der Waals surface area contributed by atoms with Crippen molar-refractivity contribution in [1.29, 1.82) is 0 Å². The van der Waals surface area contributed by atoms with Gasteiger partial charge in [0, 0.05) is 25.7 Å². The van der Waals surface area contributed by atoms with Gasteiger partial charge in [0.2, 0.25) is 5.91 Å². The number of amides is 3. The van der Waals surface area contributed by atoms with E-state index in [1.54, 1.807) is 4.90 Å². The molecule has 2 aliphatic heterocycles. The molecule has 0 radical (unpaired) electrons. The number of urea groups is 1. The van der Waals surface area contributed by atoms with Crippen LogP contribution in [-0.4, -0.2) is 49.1 Å². The summed E-state index contributed by atoms with van der Waals surface area (Å²) in [4.78, 5) is 25.7. The van der Waals surface area contributed by atoms with E-state index in [0.29, 0.717) is 13.1 Å². The lowest BCUT2D eigenvalue weighted by molar-refractivity contribution is -0.120. The van der Waals surface area contributed by atoms with Crippen LogP contribution < -0.4 is 16.0 Å². The summed E-state index contributed by atoms with van der Waals surface area (Å²) in [7, 11) is 0. The summed E-state index contributed by atoms with van der Waals surface area (Å²) >= 11 is 0. The molecule has 0 aromatic heterocycles. The van der Waals surface area contributed by atoms with Crippen LogP contribution in [0.4, 0.5) is 4.79 Å². The van der Waals surface area contributed by atoms with Crippen LogP contribution in [0.15, 0.2) is 24.3 Å². The van der Waals surface area contributed by atoms with Crippen molar-refractivity contribution in [2.45, 2.75) is 25.4 Å². The fraction of sp³-hybridized carbons (Fsp3) is 0.500. The van der Waals surface area contributed by atoms with Gasteiger partial charge in [0.25, 0.3) is 0 Å². The van der Waals surface area contributed by atoms with E-state index in [1.807, 2.05) is 12.1 Å². The zero-order valence-corrected chi connectivity index (χ0v) is 13.8. The molecular formula is C16H23ClN4O2. The summed E-state index contributed by atoms with van der Waals surface area (Å²) in [5.41, 5.74) is 2.49. The van der Waals surface area contributed by atoms with Gasteiger partial charge < -0.3 is 20.9 Å². The Morgan fingerprint density at radius 2 is 2.04 bits per heavy atom. The first-order valence-corrected chi connectivity index (χ1v) is 7.82. The molecule has 23 heavy (non-hydrogen) atoms. The van der Waals surface area contributed by atoms with E-state index in [4.69, 9.17) is 0 Å². The number of nitrogens with one attached hydrogen (secondary N) is 3. The highest BCUT2D eigenvalue weighted by Crippen LogP contribution is 2.18. The number of hydrogen-bond acceptors (Lipinski definition) is 3. The zero-order valence-electron chi connectivity index (χ0n) is 13.0. The molecule has 3 N–H and O–H groups in total. The Kier molecular flexibility index (Phi) is 6.24. The molecule has 0 bridgehead atoms. The zero-order chi connectivity index (χ0) is 15.4. The van der Waals surface area contributed by atoms with Crippen LogP contribution in [0.25, 0.3) is 0 Å². The minimum absolute atomic E-state index is 0. The minimum atomic E-state index is -0.172. The topological polar surface area (TPSA) is 73.5 Å². The Morgan fingerprint density at radius 3 is 2.78 bits per heavy atom. The SMILES string of the molecule is Cl.O=C(CNC(=O)N1CCc2ccccc2C1)NC1CCNC1. The lowest BCUT2D eigenvalue weighted by Gasteiger charge is -2.28. The Hall–Kier alpha value is -1.79. The molecule has 1 aromatic rings. The highest BCUT2D eigenvalue weighted by atomic mass is 35.5. The van der Waals surface area contributed by atoms with Crippen molar-refractivity contribution in [2.75, 3.05) is 26.2 Å². The molecule has 0 aliphatic carbocycles. The van der Waals surface area contributed by atoms with Crippen molar-refractivity contribution < 1.29 is 9.59 Å². The molecule has 0 spiro atoms. The molecule has 3 rings (SSSR count). The van der Waals surface area contributed by atoms with Crippen LogP contribution in [0.2, 0.25) is 0 Å².